The lowest BCUT2D eigenvalue weighted by Crippen LogP contribution is -2.49. The summed E-state index contributed by atoms with van der Waals surface area (Å²) in [4.78, 5) is 12.5. The fraction of sp³-hybridized carbons (Fsp3) is 0.571. The van der Waals surface area contributed by atoms with E-state index in [9.17, 15) is 9.18 Å². The molecule has 142 valence electrons. The number of rotatable bonds is 4. The van der Waals surface area contributed by atoms with E-state index in [0.29, 0.717) is 11.5 Å². The molecule has 0 aliphatic heterocycles. The summed E-state index contributed by atoms with van der Waals surface area (Å²) in [5, 5.41) is 11.8. The second kappa shape index (κ2) is 6.14. The van der Waals surface area contributed by atoms with Crippen molar-refractivity contribution in [3.05, 3.63) is 41.5 Å². The lowest BCUT2D eigenvalue weighted by atomic mass is 9.49. The topological polar surface area (TPSA) is 59.8 Å². The lowest BCUT2D eigenvalue weighted by molar-refractivity contribution is -0.0110. The first-order valence-corrected chi connectivity index (χ1v) is 10.1. The van der Waals surface area contributed by atoms with Crippen LogP contribution in [0.3, 0.4) is 0 Å². The third-order valence-corrected chi connectivity index (χ3v) is 6.91. The van der Waals surface area contributed by atoms with Crippen molar-refractivity contribution in [2.75, 3.05) is 5.32 Å². The van der Waals surface area contributed by atoms with Gasteiger partial charge < -0.3 is 0 Å². The van der Waals surface area contributed by atoms with Crippen LogP contribution in [-0.2, 0) is 12.0 Å². The molecule has 6 heteroatoms. The summed E-state index contributed by atoms with van der Waals surface area (Å²) in [6.07, 6.45) is 7.78. The van der Waals surface area contributed by atoms with E-state index in [1.54, 1.807) is 0 Å². The van der Waals surface area contributed by atoms with Gasteiger partial charge in [-0.05, 0) is 87.5 Å². The van der Waals surface area contributed by atoms with Gasteiger partial charge in [-0.15, -0.1) is 10.2 Å². The summed E-state index contributed by atoms with van der Waals surface area (Å²) in [5.74, 6) is 3.40. The maximum absolute atomic E-state index is 13.1. The molecule has 1 heterocycles. The largest absolute Gasteiger partial charge is 0.297 e. The third-order valence-electron chi connectivity index (χ3n) is 6.91. The highest BCUT2D eigenvalue weighted by Crippen LogP contribution is 2.60. The second-order valence-corrected chi connectivity index (χ2v) is 8.75. The quantitative estimate of drug-likeness (QED) is 0.882. The van der Waals surface area contributed by atoms with Gasteiger partial charge in [-0.2, -0.15) is 0 Å². The molecule has 2 aromatic rings. The summed E-state index contributed by atoms with van der Waals surface area (Å²) in [6, 6.07) is 5.55. The van der Waals surface area contributed by atoms with Crippen molar-refractivity contribution in [2.45, 2.75) is 57.4 Å². The fourth-order valence-electron chi connectivity index (χ4n) is 6.25. The van der Waals surface area contributed by atoms with Crippen LogP contribution in [0, 0.1) is 23.6 Å². The van der Waals surface area contributed by atoms with Gasteiger partial charge in [-0.1, -0.05) is 0 Å². The van der Waals surface area contributed by atoms with Crippen LogP contribution in [0.5, 0.6) is 0 Å². The number of hydrogen-bond acceptors (Lipinski definition) is 3. The van der Waals surface area contributed by atoms with Crippen molar-refractivity contribution >= 4 is 11.9 Å². The average Bonchev–Trinajstić information content (AvgIpc) is 3.04. The monoisotopic (exact) mass is 368 g/mol. The van der Waals surface area contributed by atoms with Crippen molar-refractivity contribution in [1.82, 2.24) is 14.8 Å². The van der Waals surface area contributed by atoms with E-state index < -0.39 is 0 Å². The van der Waals surface area contributed by atoms with Gasteiger partial charge in [-0.25, -0.2) is 4.39 Å². The van der Waals surface area contributed by atoms with Crippen LogP contribution in [-0.4, -0.2) is 20.7 Å². The minimum absolute atomic E-state index is 0.136. The molecule has 1 amide bonds. The maximum atomic E-state index is 13.1. The molecule has 0 spiro atoms. The zero-order valence-corrected chi connectivity index (χ0v) is 15.6. The number of carbonyl (C=O) groups is 1. The van der Waals surface area contributed by atoms with E-state index >= 15 is 0 Å². The first-order valence-electron chi connectivity index (χ1n) is 10.1. The highest BCUT2D eigenvalue weighted by Gasteiger charge is 2.53. The molecule has 6 rings (SSSR count). The molecule has 27 heavy (non-hydrogen) atoms. The molecule has 0 saturated heterocycles. The summed E-state index contributed by atoms with van der Waals surface area (Å²) in [6.45, 7) is 2.80. The molecule has 4 bridgehead atoms. The summed E-state index contributed by atoms with van der Waals surface area (Å²) in [5.41, 5.74) is 0.551. The summed E-state index contributed by atoms with van der Waals surface area (Å²) in [7, 11) is 0. The Morgan fingerprint density at radius 1 is 1.11 bits per heavy atom. The minimum Gasteiger partial charge on any atom is -0.297 e. The highest BCUT2D eigenvalue weighted by molar-refractivity contribution is 6.03. The Balaban J connectivity index is 1.44. The predicted molar refractivity (Wildman–Crippen MR) is 99.9 cm³/mol. The van der Waals surface area contributed by atoms with Crippen LogP contribution in [0.2, 0.25) is 0 Å². The Kier molecular flexibility index (Phi) is 3.85. The summed E-state index contributed by atoms with van der Waals surface area (Å²) >= 11 is 0. The highest BCUT2D eigenvalue weighted by atomic mass is 19.1. The Morgan fingerprint density at radius 3 is 2.26 bits per heavy atom. The van der Waals surface area contributed by atoms with Crippen LogP contribution in [0.1, 0.15) is 61.6 Å². The number of carbonyl (C=O) groups excluding carboxylic acids is 1. The normalized spacial score (nSPS) is 31.3. The standard InChI is InChI=1S/C21H25FN4O/c1-2-26-19(21-10-13-7-14(11-21)9-15(8-13)12-21)24-25-20(26)23-18(27)16-3-5-17(22)6-4-16/h3-6,13-15H,2,7-12H2,1H3,(H,23,25,27). The van der Waals surface area contributed by atoms with Crippen LogP contribution < -0.4 is 5.32 Å². The molecule has 0 unspecified atom stereocenters. The van der Waals surface area contributed by atoms with E-state index in [2.05, 4.69) is 27.0 Å². The van der Waals surface area contributed by atoms with Crippen LogP contribution in [0.25, 0.3) is 0 Å². The average molecular weight is 368 g/mol. The minimum atomic E-state index is -0.354. The molecule has 0 radical (unpaired) electrons. The zero-order chi connectivity index (χ0) is 18.6. The molecular weight excluding hydrogens is 343 g/mol. The van der Waals surface area contributed by atoms with Crippen molar-refractivity contribution in [2.24, 2.45) is 17.8 Å². The third kappa shape index (κ3) is 2.77. The van der Waals surface area contributed by atoms with Gasteiger partial charge >= 0.3 is 0 Å². The predicted octanol–water partition coefficient (Wildman–Crippen LogP) is 4.16. The number of nitrogens with zero attached hydrogens (tertiary/aromatic N) is 3. The van der Waals surface area contributed by atoms with Crippen LogP contribution >= 0.6 is 0 Å². The van der Waals surface area contributed by atoms with Crippen molar-refractivity contribution < 1.29 is 9.18 Å². The smallest absolute Gasteiger partial charge is 0.258 e. The van der Waals surface area contributed by atoms with Gasteiger partial charge in [0.1, 0.15) is 11.6 Å². The Hall–Kier alpha value is -2.24. The van der Waals surface area contributed by atoms with Gasteiger partial charge in [0, 0.05) is 17.5 Å². The Bertz CT molecular complexity index is 838. The van der Waals surface area contributed by atoms with Crippen molar-refractivity contribution in [3.63, 3.8) is 0 Å². The number of anilines is 1. The number of aromatic nitrogens is 3. The molecule has 1 aromatic heterocycles. The molecule has 0 atom stereocenters. The lowest BCUT2D eigenvalue weighted by Gasteiger charge is -2.56. The molecule has 4 aliphatic rings. The van der Waals surface area contributed by atoms with E-state index in [1.165, 1.54) is 62.8 Å². The number of hydrogen-bond donors (Lipinski definition) is 1. The van der Waals surface area contributed by atoms with Gasteiger partial charge in [-0.3, -0.25) is 14.7 Å². The zero-order valence-electron chi connectivity index (χ0n) is 15.6. The van der Waals surface area contributed by atoms with Crippen molar-refractivity contribution in [1.29, 1.82) is 0 Å². The van der Waals surface area contributed by atoms with Crippen LogP contribution in [0.15, 0.2) is 24.3 Å². The van der Waals surface area contributed by atoms with Gasteiger partial charge in [0.15, 0.2) is 0 Å². The second-order valence-electron chi connectivity index (χ2n) is 8.75. The summed E-state index contributed by atoms with van der Waals surface area (Å²) < 4.78 is 15.2. The number of halogens is 1. The molecule has 4 aliphatic carbocycles. The first kappa shape index (κ1) is 16.9. The van der Waals surface area contributed by atoms with E-state index in [1.807, 2.05) is 0 Å². The van der Waals surface area contributed by atoms with Gasteiger partial charge in [0.25, 0.3) is 5.91 Å². The fourth-order valence-corrected chi connectivity index (χ4v) is 6.25. The molecule has 1 N–H and O–H groups in total. The van der Waals surface area contributed by atoms with Crippen LogP contribution in [0.4, 0.5) is 10.3 Å². The van der Waals surface area contributed by atoms with E-state index in [-0.39, 0.29) is 17.1 Å². The number of benzene rings is 1. The SMILES string of the molecule is CCn1c(NC(=O)c2ccc(F)cc2)nnc1C12CC3CC(CC(C3)C1)C2. The van der Waals surface area contributed by atoms with E-state index in [4.69, 9.17) is 0 Å². The Labute approximate surface area is 158 Å². The van der Waals surface area contributed by atoms with Gasteiger partial charge in [0.2, 0.25) is 5.95 Å². The van der Waals surface area contributed by atoms with Gasteiger partial charge in [0.05, 0.1) is 0 Å². The van der Waals surface area contributed by atoms with Crippen molar-refractivity contribution in [3.8, 4) is 0 Å². The molecular formula is C21H25FN4O. The molecule has 4 fully saturated rings. The maximum Gasteiger partial charge on any atom is 0.258 e. The number of amides is 1. The first-order chi connectivity index (χ1) is 13.1. The van der Waals surface area contributed by atoms with E-state index in [0.717, 1.165) is 30.1 Å². The molecule has 4 saturated carbocycles. The number of nitrogens with one attached hydrogen (secondary N) is 1. The molecule has 5 nitrogen and oxygen atoms in total. The molecule has 1 aromatic carbocycles. The Morgan fingerprint density at radius 2 is 1.70 bits per heavy atom.